The first-order valence-corrected chi connectivity index (χ1v) is 6.58. The van der Waals surface area contributed by atoms with Gasteiger partial charge in [0.15, 0.2) is 0 Å². The molecule has 0 aliphatic carbocycles. The first kappa shape index (κ1) is 12.6. The quantitative estimate of drug-likeness (QED) is 0.896. The van der Waals surface area contributed by atoms with Crippen LogP contribution in [0.25, 0.3) is 0 Å². The van der Waals surface area contributed by atoms with Gasteiger partial charge >= 0.3 is 0 Å². The maximum atomic E-state index is 6.17. The molecule has 2 N–H and O–H groups in total. The molecule has 0 heterocycles. The lowest BCUT2D eigenvalue weighted by Crippen LogP contribution is -2.13. The minimum Gasteiger partial charge on any atom is -0.324 e. The Kier molecular flexibility index (Phi) is 4.21. The van der Waals surface area contributed by atoms with Crippen LogP contribution in [0.3, 0.4) is 0 Å². The molecule has 0 aromatic heterocycles. The largest absolute Gasteiger partial charge is 0.324 e. The van der Waals surface area contributed by atoms with Gasteiger partial charge in [0.25, 0.3) is 0 Å². The van der Waals surface area contributed by atoms with Crippen LogP contribution in [-0.4, -0.2) is 0 Å². The Balaban J connectivity index is 2.08. The second kappa shape index (κ2) is 5.67. The van der Waals surface area contributed by atoms with E-state index in [9.17, 15) is 0 Å². The van der Waals surface area contributed by atoms with Crippen LogP contribution in [0.1, 0.15) is 17.2 Å². The second-order valence-electron chi connectivity index (χ2n) is 3.99. The molecule has 2 aromatic carbocycles. The zero-order chi connectivity index (χ0) is 12.3. The predicted molar refractivity (Wildman–Crippen MR) is 76.2 cm³/mol. The van der Waals surface area contributed by atoms with Crippen molar-refractivity contribution < 1.29 is 0 Å². The van der Waals surface area contributed by atoms with Gasteiger partial charge in [-0.15, -0.1) is 0 Å². The van der Waals surface area contributed by atoms with Crippen LogP contribution in [0, 0.1) is 0 Å². The molecule has 0 aliphatic rings. The lowest BCUT2D eigenvalue weighted by Gasteiger charge is -2.12. The third kappa shape index (κ3) is 3.56. The Morgan fingerprint density at radius 3 is 2.18 bits per heavy atom. The smallest absolute Gasteiger partial charge is 0.0406 e. The summed E-state index contributed by atoms with van der Waals surface area (Å²) in [6, 6.07) is 16.0. The van der Waals surface area contributed by atoms with Crippen LogP contribution < -0.4 is 5.73 Å². The molecule has 0 saturated carbocycles. The normalized spacial score (nSPS) is 12.4. The molecule has 0 aliphatic heterocycles. The molecule has 0 spiro atoms. The number of rotatable bonds is 3. The lowest BCUT2D eigenvalue weighted by atomic mass is 10.00. The molecule has 1 atom stereocenters. The van der Waals surface area contributed by atoms with E-state index < -0.39 is 0 Å². The van der Waals surface area contributed by atoms with Crippen LogP contribution in [-0.2, 0) is 6.42 Å². The zero-order valence-corrected chi connectivity index (χ0v) is 11.6. The second-order valence-corrected chi connectivity index (χ2v) is 5.34. The predicted octanol–water partition coefficient (Wildman–Crippen LogP) is 4.35. The topological polar surface area (TPSA) is 26.0 Å². The molecule has 0 bridgehead atoms. The minimum absolute atomic E-state index is 0.0178. The Morgan fingerprint density at radius 2 is 1.59 bits per heavy atom. The number of hydrogen-bond donors (Lipinski definition) is 1. The summed E-state index contributed by atoms with van der Waals surface area (Å²) < 4.78 is 1.07. The summed E-state index contributed by atoms with van der Waals surface area (Å²) in [5, 5.41) is 0.756. The Morgan fingerprint density at radius 1 is 1.00 bits per heavy atom. The van der Waals surface area contributed by atoms with Crippen LogP contribution in [0.4, 0.5) is 0 Å². The highest BCUT2D eigenvalue weighted by atomic mass is 79.9. The fourth-order valence-electron chi connectivity index (χ4n) is 1.70. The third-order valence-corrected chi connectivity index (χ3v) is 3.45. The number of hydrogen-bond acceptors (Lipinski definition) is 1. The summed E-state index contributed by atoms with van der Waals surface area (Å²) in [4.78, 5) is 0. The molecule has 2 aromatic rings. The number of halogens is 2. The first-order valence-electron chi connectivity index (χ1n) is 5.40. The summed E-state index contributed by atoms with van der Waals surface area (Å²) in [5.74, 6) is 0. The zero-order valence-electron chi connectivity index (χ0n) is 9.24. The molecular weight excluding hydrogens is 298 g/mol. The highest BCUT2D eigenvalue weighted by Crippen LogP contribution is 2.19. The minimum atomic E-state index is 0.0178. The molecule has 0 saturated heterocycles. The van der Waals surface area contributed by atoms with E-state index in [1.165, 1.54) is 5.56 Å². The Labute approximate surface area is 115 Å². The summed E-state index contributed by atoms with van der Waals surface area (Å²) >= 11 is 9.26. The number of nitrogens with two attached hydrogens (primary N) is 1. The van der Waals surface area contributed by atoms with E-state index in [1.807, 2.05) is 48.5 Å². The van der Waals surface area contributed by atoms with Gasteiger partial charge in [0, 0.05) is 15.5 Å². The van der Waals surface area contributed by atoms with E-state index >= 15 is 0 Å². The van der Waals surface area contributed by atoms with Gasteiger partial charge in [-0.2, -0.15) is 0 Å². The van der Waals surface area contributed by atoms with E-state index in [-0.39, 0.29) is 6.04 Å². The highest BCUT2D eigenvalue weighted by molar-refractivity contribution is 9.10. The van der Waals surface area contributed by atoms with Crippen LogP contribution in [0.5, 0.6) is 0 Å². The van der Waals surface area contributed by atoms with E-state index in [1.54, 1.807) is 0 Å². The monoisotopic (exact) mass is 309 g/mol. The van der Waals surface area contributed by atoms with E-state index in [0.717, 1.165) is 21.5 Å². The number of benzene rings is 2. The van der Waals surface area contributed by atoms with Crippen molar-refractivity contribution in [1.29, 1.82) is 0 Å². The van der Waals surface area contributed by atoms with Gasteiger partial charge in [-0.25, -0.2) is 0 Å². The van der Waals surface area contributed by atoms with Crippen LogP contribution >= 0.6 is 27.5 Å². The SMILES string of the molecule is NC(Cc1ccc(Cl)cc1)c1ccc(Br)cc1. The van der Waals surface area contributed by atoms with E-state index in [0.29, 0.717) is 0 Å². The molecule has 0 radical (unpaired) electrons. The Bertz CT molecular complexity index is 479. The first-order chi connectivity index (χ1) is 8.15. The van der Waals surface area contributed by atoms with Crippen LogP contribution in [0.2, 0.25) is 5.02 Å². The summed E-state index contributed by atoms with van der Waals surface area (Å²) in [6.07, 6.45) is 0.818. The molecule has 1 nitrogen and oxygen atoms in total. The van der Waals surface area contributed by atoms with E-state index in [4.69, 9.17) is 17.3 Å². The van der Waals surface area contributed by atoms with Crippen molar-refractivity contribution in [2.75, 3.05) is 0 Å². The van der Waals surface area contributed by atoms with Gasteiger partial charge in [-0.3, -0.25) is 0 Å². The molecule has 0 amide bonds. The summed E-state index contributed by atoms with van der Waals surface area (Å²) in [5.41, 5.74) is 8.51. The maximum Gasteiger partial charge on any atom is 0.0406 e. The van der Waals surface area contributed by atoms with Crippen molar-refractivity contribution in [3.05, 3.63) is 69.2 Å². The highest BCUT2D eigenvalue weighted by Gasteiger charge is 2.06. The standard InChI is InChI=1S/C14H13BrClN/c15-12-5-3-11(4-6-12)14(17)9-10-1-7-13(16)8-2-10/h1-8,14H,9,17H2. The van der Waals surface area contributed by atoms with Gasteiger partial charge in [0.2, 0.25) is 0 Å². The van der Waals surface area contributed by atoms with E-state index in [2.05, 4.69) is 15.9 Å². The van der Waals surface area contributed by atoms with Gasteiger partial charge in [0.1, 0.15) is 0 Å². The van der Waals surface area contributed by atoms with Crippen molar-refractivity contribution in [1.82, 2.24) is 0 Å². The third-order valence-electron chi connectivity index (χ3n) is 2.67. The molecule has 3 heteroatoms. The van der Waals surface area contributed by atoms with Gasteiger partial charge in [-0.05, 0) is 41.8 Å². The lowest BCUT2D eigenvalue weighted by molar-refractivity contribution is 0.722. The average molecular weight is 311 g/mol. The molecule has 88 valence electrons. The Hall–Kier alpha value is -0.830. The van der Waals surface area contributed by atoms with Crippen molar-refractivity contribution in [3.63, 3.8) is 0 Å². The van der Waals surface area contributed by atoms with Crippen molar-refractivity contribution in [3.8, 4) is 0 Å². The fraction of sp³-hybridized carbons (Fsp3) is 0.143. The molecule has 2 rings (SSSR count). The fourth-order valence-corrected chi connectivity index (χ4v) is 2.09. The molecule has 0 fully saturated rings. The molecule has 17 heavy (non-hydrogen) atoms. The van der Waals surface area contributed by atoms with Crippen LogP contribution in [0.15, 0.2) is 53.0 Å². The summed E-state index contributed by atoms with van der Waals surface area (Å²) in [7, 11) is 0. The van der Waals surface area contributed by atoms with Crippen molar-refractivity contribution >= 4 is 27.5 Å². The van der Waals surface area contributed by atoms with Crippen molar-refractivity contribution in [2.24, 2.45) is 5.73 Å². The molecule has 1 unspecified atom stereocenters. The average Bonchev–Trinajstić information content (AvgIpc) is 2.33. The van der Waals surface area contributed by atoms with Gasteiger partial charge in [0.05, 0.1) is 0 Å². The van der Waals surface area contributed by atoms with Gasteiger partial charge in [-0.1, -0.05) is 51.8 Å². The van der Waals surface area contributed by atoms with Crippen molar-refractivity contribution in [2.45, 2.75) is 12.5 Å². The maximum absolute atomic E-state index is 6.17. The van der Waals surface area contributed by atoms with Gasteiger partial charge < -0.3 is 5.73 Å². The summed E-state index contributed by atoms with van der Waals surface area (Å²) in [6.45, 7) is 0. The molecular formula is C14H13BrClN.